The Balaban J connectivity index is 2.46. The van der Waals surface area contributed by atoms with Gasteiger partial charge in [-0.05, 0) is 45.4 Å². The van der Waals surface area contributed by atoms with Crippen LogP contribution >= 0.6 is 0 Å². The number of nitrogens with one attached hydrogen (secondary N) is 1. The molecule has 22 heavy (non-hydrogen) atoms. The van der Waals surface area contributed by atoms with E-state index in [9.17, 15) is 9.59 Å². The molecule has 1 amide bonds. The van der Waals surface area contributed by atoms with Gasteiger partial charge in [0.1, 0.15) is 18.0 Å². The molecule has 6 nitrogen and oxygen atoms in total. The van der Waals surface area contributed by atoms with Gasteiger partial charge in [-0.1, -0.05) is 6.07 Å². The lowest BCUT2D eigenvalue weighted by Crippen LogP contribution is -2.34. The van der Waals surface area contributed by atoms with Gasteiger partial charge in [0, 0.05) is 0 Å². The zero-order chi connectivity index (χ0) is 16.8. The predicted molar refractivity (Wildman–Crippen MR) is 82.3 cm³/mol. The monoisotopic (exact) mass is 309 g/mol. The smallest absolute Gasteiger partial charge is 0.407 e. The van der Waals surface area contributed by atoms with Crippen molar-refractivity contribution in [2.24, 2.45) is 0 Å². The van der Waals surface area contributed by atoms with Crippen LogP contribution in [0.3, 0.4) is 0 Å². The first kappa shape index (κ1) is 17.8. The van der Waals surface area contributed by atoms with E-state index in [4.69, 9.17) is 14.2 Å². The molecule has 1 aromatic rings. The molecule has 1 rings (SSSR count). The maximum atomic E-state index is 11.6. The lowest BCUT2D eigenvalue weighted by atomic mass is 10.1. The highest BCUT2D eigenvalue weighted by Crippen LogP contribution is 2.18. The van der Waals surface area contributed by atoms with Gasteiger partial charge in [0.05, 0.1) is 19.2 Å². The number of amides is 1. The third-order valence-electron chi connectivity index (χ3n) is 2.65. The molecule has 6 heteroatoms. The number of benzene rings is 1. The Hall–Kier alpha value is -2.24. The molecule has 1 N–H and O–H groups in total. The van der Waals surface area contributed by atoms with Crippen molar-refractivity contribution in [3.05, 3.63) is 29.3 Å². The fraction of sp³-hybridized carbons (Fsp3) is 0.500. The van der Waals surface area contributed by atoms with Crippen molar-refractivity contribution >= 4 is 12.1 Å². The van der Waals surface area contributed by atoms with Gasteiger partial charge in [0.15, 0.2) is 0 Å². The Kier molecular flexibility index (Phi) is 6.22. The molecule has 0 spiro atoms. The molecule has 0 saturated carbocycles. The van der Waals surface area contributed by atoms with Crippen LogP contribution in [0.25, 0.3) is 0 Å². The summed E-state index contributed by atoms with van der Waals surface area (Å²) < 4.78 is 15.3. The van der Waals surface area contributed by atoms with Crippen LogP contribution < -0.4 is 10.1 Å². The zero-order valence-electron chi connectivity index (χ0n) is 13.7. The molecule has 0 aromatic heterocycles. The first-order chi connectivity index (χ1) is 10.2. The maximum Gasteiger partial charge on any atom is 0.407 e. The van der Waals surface area contributed by atoms with Crippen LogP contribution in [0.2, 0.25) is 0 Å². The number of ether oxygens (including phenoxy) is 3. The number of aryl methyl sites for hydroxylation is 1. The zero-order valence-corrected chi connectivity index (χ0v) is 13.7. The summed E-state index contributed by atoms with van der Waals surface area (Å²) in [5, 5.41) is 2.59. The van der Waals surface area contributed by atoms with Crippen LogP contribution in [0.15, 0.2) is 18.2 Å². The molecule has 0 aliphatic heterocycles. The minimum Gasteiger partial charge on any atom is -0.492 e. The number of rotatable bonds is 5. The third kappa shape index (κ3) is 6.03. The number of hydrogen-bond acceptors (Lipinski definition) is 5. The van der Waals surface area contributed by atoms with E-state index < -0.39 is 17.7 Å². The van der Waals surface area contributed by atoms with Crippen LogP contribution in [0, 0.1) is 6.92 Å². The molecule has 0 saturated heterocycles. The Morgan fingerprint density at radius 3 is 2.50 bits per heavy atom. The SMILES string of the molecule is COC(=O)c1cc(OCCNC(=O)OC(C)(C)C)ccc1C. The standard InChI is InChI=1S/C16H23NO5/c1-11-6-7-12(10-13(11)14(18)20-5)21-9-8-17-15(19)22-16(2,3)4/h6-7,10H,8-9H2,1-5H3,(H,17,19). The van der Waals surface area contributed by atoms with E-state index >= 15 is 0 Å². The summed E-state index contributed by atoms with van der Waals surface area (Å²) in [6.07, 6.45) is -0.491. The lowest BCUT2D eigenvalue weighted by molar-refractivity contribution is 0.0519. The Morgan fingerprint density at radius 2 is 1.91 bits per heavy atom. The topological polar surface area (TPSA) is 73.9 Å². The van der Waals surface area contributed by atoms with Crippen LogP contribution in [0.1, 0.15) is 36.7 Å². The van der Waals surface area contributed by atoms with E-state index in [2.05, 4.69) is 5.32 Å². The second-order valence-corrected chi connectivity index (χ2v) is 5.75. The Labute approximate surface area is 130 Å². The molecule has 0 bridgehead atoms. The second-order valence-electron chi connectivity index (χ2n) is 5.75. The molecule has 0 fully saturated rings. The van der Waals surface area contributed by atoms with Crippen LogP contribution in [0.5, 0.6) is 5.75 Å². The van der Waals surface area contributed by atoms with Gasteiger partial charge in [-0.2, -0.15) is 0 Å². The molecule has 1 aromatic carbocycles. The highest BCUT2D eigenvalue weighted by molar-refractivity contribution is 5.91. The second kappa shape index (κ2) is 7.68. The summed E-state index contributed by atoms with van der Waals surface area (Å²) in [5.41, 5.74) is 0.739. The summed E-state index contributed by atoms with van der Waals surface area (Å²) in [6, 6.07) is 5.16. The number of methoxy groups -OCH3 is 1. The average molecular weight is 309 g/mol. The van der Waals surface area contributed by atoms with Crippen molar-refractivity contribution in [2.75, 3.05) is 20.3 Å². The van der Waals surface area contributed by atoms with E-state index in [-0.39, 0.29) is 6.61 Å². The van der Waals surface area contributed by atoms with Crippen molar-refractivity contribution in [3.63, 3.8) is 0 Å². The van der Waals surface area contributed by atoms with Gasteiger partial charge < -0.3 is 19.5 Å². The van der Waals surface area contributed by atoms with E-state index in [1.165, 1.54) is 7.11 Å². The van der Waals surface area contributed by atoms with Crippen molar-refractivity contribution in [1.29, 1.82) is 0 Å². The predicted octanol–water partition coefficient (Wildman–Crippen LogP) is 2.69. The number of hydrogen-bond donors (Lipinski definition) is 1. The molecule has 0 unspecified atom stereocenters. The minimum absolute atomic E-state index is 0.267. The van der Waals surface area contributed by atoms with E-state index in [0.717, 1.165) is 5.56 Å². The summed E-state index contributed by atoms with van der Waals surface area (Å²) in [4.78, 5) is 23.0. The number of carbonyl (C=O) groups excluding carboxylic acids is 2. The number of esters is 1. The molecule has 0 atom stereocenters. The van der Waals surface area contributed by atoms with E-state index in [0.29, 0.717) is 17.9 Å². The quantitative estimate of drug-likeness (QED) is 0.668. The van der Waals surface area contributed by atoms with Crippen LogP contribution in [-0.4, -0.2) is 37.9 Å². The summed E-state index contributed by atoms with van der Waals surface area (Å²) in [5.74, 6) is 0.131. The fourth-order valence-corrected chi connectivity index (χ4v) is 1.66. The molecule has 0 aliphatic carbocycles. The fourth-order valence-electron chi connectivity index (χ4n) is 1.66. The van der Waals surface area contributed by atoms with Crippen molar-refractivity contribution in [2.45, 2.75) is 33.3 Å². The Bertz CT molecular complexity index is 534. The van der Waals surface area contributed by atoms with Crippen LogP contribution in [0.4, 0.5) is 4.79 Å². The molecular formula is C16H23NO5. The van der Waals surface area contributed by atoms with Crippen molar-refractivity contribution in [3.8, 4) is 5.75 Å². The summed E-state index contributed by atoms with van der Waals surface area (Å²) in [6.45, 7) is 7.77. The largest absolute Gasteiger partial charge is 0.492 e. The van der Waals surface area contributed by atoms with Gasteiger partial charge in [0.2, 0.25) is 0 Å². The van der Waals surface area contributed by atoms with Gasteiger partial charge in [-0.15, -0.1) is 0 Å². The number of carbonyl (C=O) groups is 2. The first-order valence-corrected chi connectivity index (χ1v) is 7.01. The molecule has 0 heterocycles. The highest BCUT2D eigenvalue weighted by Gasteiger charge is 2.15. The van der Waals surface area contributed by atoms with Gasteiger partial charge in [0.25, 0.3) is 0 Å². The lowest BCUT2D eigenvalue weighted by Gasteiger charge is -2.19. The van der Waals surface area contributed by atoms with Crippen LogP contribution in [-0.2, 0) is 9.47 Å². The van der Waals surface area contributed by atoms with Gasteiger partial charge in [-0.3, -0.25) is 0 Å². The summed E-state index contributed by atoms with van der Waals surface area (Å²) in [7, 11) is 1.33. The molecule has 0 radical (unpaired) electrons. The first-order valence-electron chi connectivity index (χ1n) is 7.01. The number of alkyl carbamates (subject to hydrolysis) is 1. The maximum absolute atomic E-state index is 11.6. The minimum atomic E-state index is -0.530. The summed E-state index contributed by atoms with van der Waals surface area (Å²) >= 11 is 0. The highest BCUT2D eigenvalue weighted by atomic mass is 16.6. The molecule has 122 valence electrons. The third-order valence-corrected chi connectivity index (χ3v) is 2.65. The Morgan fingerprint density at radius 1 is 1.23 bits per heavy atom. The van der Waals surface area contributed by atoms with E-state index in [1.54, 1.807) is 39.0 Å². The van der Waals surface area contributed by atoms with Crippen molar-refractivity contribution < 1.29 is 23.8 Å². The van der Waals surface area contributed by atoms with E-state index in [1.807, 2.05) is 6.92 Å². The van der Waals surface area contributed by atoms with Gasteiger partial charge >= 0.3 is 12.1 Å². The van der Waals surface area contributed by atoms with Crippen molar-refractivity contribution in [1.82, 2.24) is 5.32 Å². The normalized spacial score (nSPS) is 10.8. The molecule has 0 aliphatic rings. The molecular weight excluding hydrogens is 286 g/mol. The van der Waals surface area contributed by atoms with Gasteiger partial charge in [-0.25, -0.2) is 9.59 Å². The average Bonchev–Trinajstić information content (AvgIpc) is 2.42.